The van der Waals surface area contributed by atoms with Crippen molar-refractivity contribution < 1.29 is 13.2 Å². The van der Waals surface area contributed by atoms with Crippen molar-refractivity contribution in [1.82, 2.24) is 0 Å². The Labute approximate surface area is 114 Å². The molecule has 0 bridgehead atoms. The predicted octanol–water partition coefficient (Wildman–Crippen LogP) is 4.77. The van der Waals surface area contributed by atoms with Crippen molar-refractivity contribution >= 4 is 17.3 Å². The van der Waals surface area contributed by atoms with Gasteiger partial charge in [-0.15, -0.1) is 0 Å². The van der Waals surface area contributed by atoms with E-state index in [1.807, 2.05) is 0 Å². The lowest BCUT2D eigenvalue weighted by molar-refractivity contribution is 0.509. The van der Waals surface area contributed by atoms with E-state index < -0.39 is 23.0 Å². The highest BCUT2D eigenvalue weighted by atomic mass is 35.5. The molecule has 2 aromatic carbocycles. The summed E-state index contributed by atoms with van der Waals surface area (Å²) in [5.41, 5.74) is 0.713. The van der Waals surface area contributed by atoms with E-state index in [0.29, 0.717) is 11.1 Å². The summed E-state index contributed by atoms with van der Waals surface area (Å²) in [5, 5.41) is 2.73. The molecule has 1 N–H and O–H groups in total. The zero-order chi connectivity index (χ0) is 14.0. The summed E-state index contributed by atoms with van der Waals surface area (Å²) in [6.45, 7) is 1.67. The maximum absolute atomic E-state index is 13.8. The second-order valence-electron chi connectivity index (χ2n) is 4.08. The Morgan fingerprint density at radius 3 is 2.00 bits per heavy atom. The number of halogens is 4. The summed E-state index contributed by atoms with van der Waals surface area (Å²) in [6.07, 6.45) is 0. The summed E-state index contributed by atoms with van der Waals surface area (Å²) >= 11 is 5.71. The van der Waals surface area contributed by atoms with Crippen LogP contribution in [0.25, 0.3) is 11.1 Å². The smallest absolute Gasteiger partial charge is 0.159 e. The zero-order valence-electron chi connectivity index (χ0n) is 10.1. The molecule has 0 saturated heterocycles. The highest BCUT2D eigenvalue weighted by Gasteiger charge is 2.08. The number of benzene rings is 2. The molecule has 0 aromatic heterocycles. The molecule has 0 fully saturated rings. The van der Waals surface area contributed by atoms with E-state index in [0.717, 1.165) is 12.1 Å². The molecule has 19 heavy (non-hydrogen) atoms. The maximum atomic E-state index is 13.8. The van der Waals surface area contributed by atoms with Crippen LogP contribution in [0.3, 0.4) is 0 Å². The predicted molar refractivity (Wildman–Crippen MR) is 70.7 cm³/mol. The summed E-state index contributed by atoms with van der Waals surface area (Å²) in [6, 6.07) is 7.79. The first-order valence-corrected chi connectivity index (χ1v) is 6.06. The Balaban J connectivity index is 2.36. The molecule has 0 aliphatic carbocycles. The molecular formula is C14H11ClF3N. The molecule has 2 aromatic rings. The molecule has 1 nitrogen and oxygen atoms in total. The van der Waals surface area contributed by atoms with Gasteiger partial charge in [-0.05, 0) is 42.3 Å². The first-order chi connectivity index (χ1) is 8.97. The third-order valence-electron chi connectivity index (χ3n) is 2.58. The van der Waals surface area contributed by atoms with E-state index in [-0.39, 0.29) is 5.69 Å². The van der Waals surface area contributed by atoms with Gasteiger partial charge in [-0.1, -0.05) is 23.7 Å². The molecule has 100 valence electrons. The molecule has 1 unspecified atom stereocenters. The largest absolute Gasteiger partial charge is 0.367 e. The fourth-order valence-corrected chi connectivity index (χ4v) is 1.82. The van der Waals surface area contributed by atoms with Crippen molar-refractivity contribution in [2.24, 2.45) is 0 Å². The normalized spacial score (nSPS) is 12.3. The lowest BCUT2D eigenvalue weighted by Crippen LogP contribution is -2.08. The minimum atomic E-state index is -0.963. The van der Waals surface area contributed by atoms with Crippen LogP contribution in [0.2, 0.25) is 0 Å². The average Bonchev–Trinajstić information content (AvgIpc) is 2.35. The van der Waals surface area contributed by atoms with Crippen molar-refractivity contribution in [2.75, 3.05) is 5.32 Å². The Bertz CT molecular complexity index is 599. The van der Waals surface area contributed by atoms with Crippen molar-refractivity contribution in [3.8, 4) is 11.1 Å². The molecule has 0 heterocycles. The standard InChI is InChI=1S/C14H11ClF3N/c1-8(15)19-14-5-3-10(7-13(14)18)9-2-4-11(16)12(17)6-9/h2-8,19H,1H3. The Morgan fingerprint density at radius 1 is 0.895 bits per heavy atom. The highest BCUT2D eigenvalue weighted by Crippen LogP contribution is 2.26. The lowest BCUT2D eigenvalue weighted by Gasteiger charge is -2.10. The van der Waals surface area contributed by atoms with Crippen molar-refractivity contribution in [2.45, 2.75) is 12.4 Å². The highest BCUT2D eigenvalue weighted by molar-refractivity contribution is 6.21. The monoisotopic (exact) mass is 285 g/mol. The molecule has 0 radical (unpaired) electrons. The first kappa shape index (κ1) is 13.7. The van der Waals surface area contributed by atoms with Crippen molar-refractivity contribution in [1.29, 1.82) is 0 Å². The van der Waals surface area contributed by atoms with Crippen LogP contribution in [-0.4, -0.2) is 5.50 Å². The molecule has 0 spiro atoms. The minimum Gasteiger partial charge on any atom is -0.367 e. The third-order valence-corrected chi connectivity index (χ3v) is 2.69. The van der Waals surface area contributed by atoms with Crippen LogP contribution < -0.4 is 5.32 Å². The van der Waals surface area contributed by atoms with E-state index in [9.17, 15) is 13.2 Å². The van der Waals surface area contributed by atoms with Gasteiger partial charge < -0.3 is 5.32 Å². The second-order valence-corrected chi connectivity index (χ2v) is 4.74. The number of hydrogen-bond acceptors (Lipinski definition) is 1. The summed E-state index contributed by atoms with van der Waals surface area (Å²) < 4.78 is 39.7. The van der Waals surface area contributed by atoms with Crippen molar-refractivity contribution in [3.63, 3.8) is 0 Å². The first-order valence-electron chi connectivity index (χ1n) is 5.63. The van der Waals surface area contributed by atoms with Gasteiger partial charge in [-0.2, -0.15) is 0 Å². The number of anilines is 1. The van der Waals surface area contributed by atoms with Gasteiger partial charge in [-0.25, -0.2) is 13.2 Å². The summed E-state index contributed by atoms with van der Waals surface area (Å²) in [7, 11) is 0. The quantitative estimate of drug-likeness (QED) is 0.633. The summed E-state index contributed by atoms with van der Waals surface area (Å²) in [4.78, 5) is 0. The Kier molecular flexibility index (Phi) is 4.00. The fourth-order valence-electron chi connectivity index (χ4n) is 1.70. The van der Waals surface area contributed by atoms with Crippen LogP contribution in [0.4, 0.5) is 18.9 Å². The minimum absolute atomic E-state index is 0.258. The van der Waals surface area contributed by atoms with Crippen molar-refractivity contribution in [3.05, 3.63) is 53.8 Å². The molecule has 0 amide bonds. The molecule has 0 saturated carbocycles. The molecule has 5 heteroatoms. The topological polar surface area (TPSA) is 12.0 Å². The second kappa shape index (κ2) is 5.53. The SMILES string of the molecule is CC(Cl)Nc1ccc(-c2ccc(F)c(F)c2)cc1F. The lowest BCUT2D eigenvalue weighted by atomic mass is 10.0. The van der Waals surface area contributed by atoms with Crippen LogP contribution in [0.1, 0.15) is 6.92 Å². The summed E-state index contributed by atoms with van der Waals surface area (Å²) in [5.74, 6) is -2.40. The van der Waals surface area contributed by atoms with Gasteiger partial charge in [0.25, 0.3) is 0 Å². The van der Waals surface area contributed by atoms with Crippen LogP contribution in [0.15, 0.2) is 36.4 Å². The van der Waals surface area contributed by atoms with E-state index in [1.54, 1.807) is 13.0 Å². The van der Waals surface area contributed by atoms with Crippen LogP contribution in [0, 0.1) is 17.5 Å². The number of rotatable bonds is 3. The number of hydrogen-bond donors (Lipinski definition) is 1. The average molecular weight is 286 g/mol. The van der Waals surface area contributed by atoms with Crippen LogP contribution >= 0.6 is 11.6 Å². The van der Waals surface area contributed by atoms with Gasteiger partial charge in [0.1, 0.15) is 5.82 Å². The van der Waals surface area contributed by atoms with Gasteiger partial charge >= 0.3 is 0 Å². The van der Waals surface area contributed by atoms with Gasteiger partial charge in [0.05, 0.1) is 11.2 Å². The van der Waals surface area contributed by atoms with E-state index in [4.69, 9.17) is 11.6 Å². The molecular weight excluding hydrogens is 275 g/mol. The van der Waals surface area contributed by atoms with Gasteiger partial charge in [0.2, 0.25) is 0 Å². The van der Waals surface area contributed by atoms with E-state index in [1.165, 1.54) is 18.2 Å². The Hall–Kier alpha value is -1.68. The number of alkyl halides is 1. The van der Waals surface area contributed by atoms with Gasteiger partial charge in [0.15, 0.2) is 11.6 Å². The Morgan fingerprint density at radius 2 is 1.47 bits per heavy atom. The molecule has 1 atom stereocenters. The van der Waals surface area contributed by atoms with Crippen LogP contribution in [0.5, 0.6) is 0 Å². The van der Waals surface area contributed by atoms with E-state index >= 15 is 0 Å². The third kappa shape index (κ3) is 3.20. The van der Waals surface area contributed by atoms with E-state index in [2.05, 4.69) is 5.32 Å². The zero-order valence-corrected chi connectivity index (χ0v) is 10.8. The van der Waals surface area contributed by atoms with Crippen LogP contribution in [-0.2, 0) is 0 Å². The van der Waals surface area contributed by atoms with Gasteiger partial charge in [-0.3, -0.25) is 0 Å². The molecule has 0 aliphatic heterocycles. The number of nitrogens with one attached hydrogen (secondary N) is 1. The maximum Gasteiger partial charge on any atom is 0.159 e. The molecule has 0 aliphatic rings. The fraction of sp³-hybridized carbons (Fsp3) is 0.143. The van der Waals surface area contributed by atoms with Gasteiger partial charge in [0, 0.05) is 0 Å². The molecule has 2 rings (SSSR count).